The molecular formula is C20H24N2O5. The number of benzene rings is 2. The number of carbonyl (C=O) groups excluding carboxylic acids is 2. The number of nitrogens with one attached hydrogen (secondary N) is 2. The molecule has 0 fully saturated rings. The third kappa shape index (κ3) is 5.91. The largest absolute Gasteiger partial charge is 0.497 e. The van der Waals surface area contributed by atoms with Crippen molar-refractivity contribution in [1.82, 2.24) is 10.6 Å². The lowest BCUT2D eigenvalue weighted by Crippen LogP contribution is -2.40. The molecule has 0 unspecified atom stereocenters. The third-order valence-electron chi connectivity index (χ3n) is 3.97. The Kier molecular flexibility index (Phi) is 7.49. The Morgan fingerprint density at radius 3 is 2.04 bits per heavy atom. The van der Waals surface area contributed by atoms with Gasteiger partial charge in [-0.05, 0) is 41.8 Å². The van der Waals surface area contributed by atoms with Gasteiger partial charge in [0.15, 0.2) is 11.5 Å². The normalized spacial score (nSPS) is 10.0. The van der Waals surface area contributed by atoms with Crippen LogP contribution in [0, 0.1) is 0 Å². The fraction of sp³-hybridized carbons (Fsp3) is 0.300. The fourth-order valence-electron chi connectivity index (χ4n) is 2.44. The van der Waals surface area contributed by atoms with E-state index in [9.17, 15) is 9.59 Å². The van der Waals surface area contributed by atoms with Crippen LogP contribution in [0.4, 0.5) is 0 Å². The van der Waals surface area contributed by atoms with Gasteiger partial charge in [0.25, 0.3) is 0 Å². The van der Waals surface area contributed by atoms with Crippen molar-refractivity contribution in [3.63, 3.8) is 0 Å². The molecule has 2 rings (SSSR count). The highest BCUT2D eigenvalue weighted by Gasteiger charge is 2.12. The van der Waals surface area contributed by atoms with Crippen LogP contribution in [-0.2, 0) is 22.6 Å². The zero-order valence-electron chi connectivity index (χ0n) is 15.7. The number of amides is 2. The third-order valence-corrected chi connectivity index (χ3v) is 3.97. The van der Waals surface area contributed by atoms with E-state index in [0.717, 1.165) is 16.9 Å². The van der Waals surface area contributed by atoms with E-state index in [-0.39, 0.29) is 6.54 Å². The van der Waals surface area contributed by atoms with E-state index in [1.807, 2.05) is 24.3 Å². The van der Waals surface area contributed by atoms with Crippen LogP contribution < -0.4 is 24.8 Å². The number of hydrogen-bond acceptors (Lipinski definition) is 5. The lowest BCUT2D eigenvalue weighted by molar-refractivity contribution is -0.139. The van der Waals surface area contributed by atoms with Crippen molar-refractivity contribution in [3.8, 4) is 17.2 Å². The Balaban J connectivity index is 1.76. The molecule has 0 aliphatic carbocycles. The molecule has 2 amide bonds. The van der Waals surface area contributed by atoms with Crippen molar-refractivity contribution in [3.05, 3.63) is 53.6 Å². The number of methoxy groups -OCH3 is 3. The first-order valence-electron chi connectivity index (χ1n) is 8.47. The number of hydrogen-bond donors (Lipinski definition) is 2. The van der Waals surface area contributed by atoms with Gasteiger partial charge in [0.2, 0.25) is 0 Å². The Morgan fingerprint density at radius 1 is 0.778 bits per heavy atom. The van der Waals surface area contributed by atoms with Gasteiger partial charge in [-0.15, -0.1) is 0 Å². The molecule has 0 saturated carbocycles. The summed E-state index contributed by atoms with van der Waals surface area (Å²) in [6, 6.07) is 12.8. The molecule has 0 aliphatic rings. The summed E-state index contributed by atoms with van der Waals surface area (Å²) in [4.78, 5) is 23.8. The van der Waals surface area contributed by atoms with Crippen LogP contribution in [0.25, 0.3) is 0 Å². The molecule has 0 radical (unpaired) electrons. The average molecular weight is 372 g/mol. The molecule has 0 heterocycles. The molecule has 27 heavy (non-hydrogen) atoms. The van der Waals surface area contributed by atoms with Crippen molar-refractivity contribution in [1.29, 1.82) is 0 Å². The van der Waals surface area contributed by atoms with Gasteiger partial charge in [-0.3, -0.25) is 9.59 Å². The summed E-state index contributed by atoms with van der Waals surface area (Å²) < 4.78 is 15.5. The molecule has 2 N–H and O–H groups in total. The predicted molar refractivity (Wildman–Crippen MR) is 101 cm³/mol. The maximum atomic E-state index is 11.9. The summed E-state index contributed by atoms with van der Waals surface area (Å²) in [7, 11) is 4.72. The zero-order chi connectivity index (χ0) is 19.6. The SMILES string of the molecule is COc1ccc(CNC(=O)C(=O)NCCc2ccc(OC)c(OC)c2)cc1. The van der Waals surface area contributed by atoms with Crippen LogP contribution in [0.5, 0.6) is 17.2 Å². The quantitative estimate of drug-likeness (QED) is 0.689. The lowest BCUT2D eigenvalue weighted by Gasteiger charge is -2.10. The van der Waals surface area contributed by atoms with Crippen LogP contribution in [0.3, 0.4) is 0 Å². The molecule has 144 valence electrons. The van der Waals surface area contributed by atoms with Crippen LogP contribution in [-0.4, -0.2) is 39.7 Å². The van der Waals surface area contributed by atoms with E-state index in [1.165, 1.54) is 0 Å². The molecule has 0 spiro atoms. The highest BCUT2D eigenvalue weighted by Crippen LogP contribution is 2.27. The monoisotopic (exact) mass is 372 g/mol. The van der Waals surface area contributed by atoms with Crippen molar-refractivity contribution in [2.75, 3.05) is 27.9 Å². The Bertz CT molecular complexity index is 774. The van der Waals surface area contributed by atoms with Crippen LogP contribution in [0.2, 0.25) is 0 Å². The van der Waals surface area contributed by atoms with Crippen LogP contribution >= 0.6 is 0 Å². The summed E-state index contributed by atoms with van der Waals surface area (Å²) in [5.74, 6) is 0.668. The molecule has 0 aromatic heterocycles. The summed E-state index contributed by atoms with van der Waals surface area (Å²) in [6.45, 7) is 0.607. The van der Waals surface area contributed by atoms with E-state index in [0.29, 0.717) is 24.5 Å². The molecular weight excluding hydrogens is 348 g/mol. The van der Waals surface area contributed by atoms with E-state index in [4.69, 9.17) is 14.2 Å². The fourth-order valence-corrected chi connectivity index (χ4v) is 2.44. The van der Waals surface area contributed by atoms with Crippen molar-refractivity contribution in [2.24, 2.45) is 0 Å². The van der Waals surface area contributed by atoms with Gasteiger partial charge < -0.3 is 24.8 Å². The van der Waals surface area contributed by atoms with Gasteiger partial charge in [-0.1, -0.05) is 18.2 Å². The Labute approximate surface area is 158 Å². The number of carbonyl (C=O) groups is 2. The van der Waals surface area contributed by atoms with Crippen molar-refractivity contribution < 1.29 is 23.8 Å². The second kappa shape index (κ2) is 10.1. The summed E-state index contributed by atoms with van der Waals surface area (Å²) in [5, 5.41) is 5.20. The lowest BCUT2D eigenvalue weighted by atomic mass is 10.1. The Morgan fingerprint density at radius 2 is 1.41 bits per heavy atom. The minimum Gasteiger partial charge on any atom is -0.497 e. The minimum atomic E-state index is -0.668. The molecule has 0 bridgehead atoms. The summed E-state index contributed by atoms with van der Waals surface area (Å²) in [6.07, 6.45) is 0.567. The van der Waals surface area contributed by atoms with E-state index < -0.39 is 11.8 Å². The van der Waals surface area contributed by atoms with Crippen LogP contribution in [0.1, 0.15) is 11.1 Å². The standard InChI is InChI=1S/C20H24N2O5/c1-25-16-7-4-15(5-8-16)13-22-20(24)19(23)21-11-10-14-6-9-17(26-2)18(12-14)27-3/h4-9,12H,10-11,13H2,1-3H3,(H,21,23)(H,22,24). The number of rotatable bonds is 8. The number of ether oxygens (including phenoxy) is 3. The predicted octanol–water partition coefficient (Wildman–Crippen LogP) is 1.69. The highest BCUT2D eigenvalue weighted by atomic mass is 16.5. The van der Waals surface area contributed by atoms with E-state index >= 15 is 0 Å². The summed E-state index contributed by atoms with van der Waals surface area (Å²) >= 11 is 0. The maximum Gasteiger partial charge on any atom is 0.309 e. The second-order valence-electron chi connectivity index (χ2n) is 5.73. The van der Waals surface area contributed by atoms with Crippen LogP contribution in [0.15, 0.2) is 42.5 Å². The molecule has 7 heteroatoms. The van der Waals surface area contributed by atoms with Gasteiger partial charge in [0.05, 0.1) is 21.3 Å². The topological polar surface area (TPSA) is 85.9 Å². The highest BCUT2D eigenvalue weighted by molar-refractivity contribution is 6.35. The van der Waals surface area contributed by atoms with E-state index in [1.54, 1.807) is 39.5 Å². The molecule has 2 aromatic rings. The minimum absolute atomic E-state index is 0.270. The van der Waals surface area contributed by atoms with Crippen molar-refractivity contribution >= 4 is 11.8 Å². The summed E-state index contributed by atoms with van der Waals surface area (Å²) in [5.41, 5.74) is 1.84. The maximum absolute atomic E-state index is 11.9. The average Bonchev–Trinajstić information content (AvgIpc) is 2.72. The second-order valence-corrected chi connectivity index (χ2v) is 5.73. The van der Waals surface area contributed by atoms with Gasteiger partial charge in [0, 0.05) is 13.1 Å². The first-order chi connectivity index (χ1) is 13.1. The molecule has 0 aliphatic heterocycles. The molecule has 2 aromatic carbocycles. The smallest absolute Gasteiger partial charge is 0.309 e. The Hall–Kier alpha value is -3.22. The zero-order valence-corrected chi connectivity index (χ0v) is 15.7. The van der Waals surface area contributed by atoms with Gasteiger partial charge in [-0.25, -0.2) is 0 Å². The first-order valence-corrected chi connectivity index (χ1v) is 8.47. The molecule has 0 atom stereocenters. The van der Waals surface area contributed by atoms with Gasteiger partial charge >= 0.3 is 11.8 Å². The molecule has 7 nitrogen and oxygen atoms in total. The first kappa shape index (κ1) is 20.1. The van der Waals surface area contributed by atoms with E-state index in [2.05, 4.69) is 10.6 Å². The van der Waals surface area contributed by atoms with Gasteiger partial charge in [-0.2, -0.15) is 0 Å². The molecule has 0 saturated heterocycles. The van der Waals surface area contributed by atoms with Gasteiger partial charge in [0.1, 0.15) is 5.75 Å². The van der Waals surface area contributed by atoms with Crippen molar-refractivity contribution in [2.45, 2.75) is 13.0 Å².